The fraction of sp³-hybridized carbons (Fsp3) is 0.290. The molecule has 1 fully saturated rings. The van der Waals surface area contributed by atoms with Gasteiger partial charge in [-0.2, -0.15) is 0 Å². The summed E-state index contributed by atoms with van der Waals surface area (Å²) in [6, 6.07) is 16.5. The molecular weight excluding hydrogens is 530 g/mol. The van der Waals surface area contributed by atoms with Crippen molar-refractivity contribution in [2.45, 2.75) is 5.79 Å². The van der Waals surface area contributed by atoms with Crippen LogP contribution in [0.2, 0.25) is 0 Å². The van der Waals surface area contributed by atoms with E-state index in [1.54, 1.807) is 48.8 Å². The van der Waals surface area contributed by atoms with Gasteiger partial charge in [-0.15, -0.1) is 0 Å². The predicted molar refractivity (Wildman–Crippen MR) is 168 cm³/mol. The zero-order valence-electron chi connectivity index (χ0n) is 24.2. The molecule has 0 spiro atoms. The molecule has 11 heteroatoms. The number of nitrogens with one attached hydrogen (secondary N) is 3. The van der Waals surface area contributed by atoms with E-state index in [0.29, 0.717) is 34.7 Å². The average Bonchev–Trinajstić information content (AvgIpc) is 2.97. The van der Waals surface area contributed by atoms with Gasteiger partial charge in [0.2, 0.25) is 11.7 Å². The van der Waals surface area contributed by atoms with Gasteiger partial charge in [-0.25, -0.2) is 4.99 Å². The van der Waals surface area contributed by atoms with Gasteiger partial charge in [0.05, 0.1) is 11.9 Å². The summed E-state index contributed by atoms with van der Waals surface area (Å²) >= 11 is 0. The number of likely N-dealkylation sites (N-methyl/N-ethyl adjacent to an activating group) is 2. The Balaban J connectivity index is 1.42. The number of aromatic nitrogens is 1. The Kier molecular flexibility index (Phi) is 8.51. The second-order valence-corrected chi connectivity index (χ2v) is 10.8. The van der Waals surface area contributed by atoms with Crippen molar-refractivity contribution in [1.29, 1.82) is 0 Å². The van der Waals surface area contributed by atoms with E-state index < -0.39 is 5.79 Å². The summed E-state index contributed by atoms with van der Waals surface area (Å²) in [6.45, 7) is 4.56. The number of pyridine rings is 1. The van der Waals surface area contributed by atoms with Crippen LogP contribution in [0.4, 0.5) is 22.7 Å². The number of nitrogens with two attached hydrogens (primary N) is 1. The first-order valence-corrected chi connectivity index (χ1v) is 13.9. The first-order valence-electron chi connectivity index (χ1n) is 13.9. The molecule has 1 unspecified atom stereocenters. The summed E-state index contributed by atoms with van der Waals surface area (Å²) in [5.41, 5.74) is 10.3. The lowest BCUT2D eigenvalue weighted by molar-refractivity contribution is -0.111. The summed E-state index contributed by atoms with van der Waals surface area (Å²) in [5, 5.41) is 9.40. The van der Waals surface area contributed by atoms with Crippen LogP contribution in [0.15, 0.2) is 84.1 Å². The van der Waals surface area contributed by atoms with Crippen LogP contribution >= 0.6 is 0 Å². The zero-order valence-corrected chi connectivity index (χ0v) is 24.2. The van der Waals surface area contributed by atoms with E-state index in [0.717, 1.165) is 31.9 Å². The minimum Gasteiger partial charge on any atom is -0.383 e. The highest BCUT2D eigenvalue weighted by Gasteiger charge is 2.43. The van der Waals surface area contributed by atoms with Crippen molar-refractivity contribution in [2.24, 2.45) is 10.7 Å². The van der Waals surface area contributed by atoms with Crippen molar-refractivity contribution in [1.82, 2.24) is 14.8 Å². The van der Waals surface area contributed by atoms with E-state index in [9.17, 15) is 9.59 Å². The van der Waals surface area contributed by atoms with Gasteiger partial charge in [-0.1, -0.05) is 18.2 Å². The first-order chi connectivity index (χ1) is 20.2. The van der Waals surface area contributed by atoms with Crippen LogP contribution in [0.5, 0.6) is 0 Å². The lowest BCUT2D eigenvalue weighted by atomic mass is 10.0. The smallest absolute Gasteiger partial charge is 0.273 e. The number of Topliss-reactive ketones (excluding diaryl/α,β-unsaturated/α-hetero) is 1. The SMILES string of the molecule is CN(C)CC=CC(=O)Nc1cccc(C(=O)C2(Nc3ccc(N4CCN(C)CC4)cc3)N=C(N)c3ccncc3N2)c1. The summed E-state index contributed by atoms with van der Waals surface area (Å²) in [5.74, 6) is -2.10. The lowest BCUT2D eigenvalue weighted by Crippen LogP contribution is -2.55. The molecule has 2 aromatic carbocycles. The molecule has 5 rings (SSSR count). The molecule has 11 nitrogen and oxygen atoms in total. The van der Waals surface area contributed by atoms with Crippen molar-refractivity contribution >= 4 is 40.3 Å². The largest absolute Gasteiger partial charge is 0.383 e. The summed E-state index contributed by atoms with van der Waals surface area (Å²) < 4.78 is 0. The van der Waals surface area contributed by atoms with Gasteiger partial charge in [-0.05, 0) is 63.6 Å². The number of amides is 1. The Morgan fingerprint density at radius 3 is 2.57 bits per heavy atom. The molecule has 2 aliphatic heterocycles. The van der Waals surface area contributed by atoms with Crippen LogP contribution in [0, 0.1) is 0 Å². The molecule has 42 heavy (non-hydrogen) atoms. The quantitative estimate of drug-likeness (QED) is 0.228. The number of carbonyl (C=O) groups is 2. The molecule has 3 heterocycles. The van der Waals surface area contributed by atoms with Crippen LogP contribution in [0.1, 0.15) is 15.9 Å². The number of nitrogens with zero attached hydrogens (tertiary/aromatic N) is 5. The number of hydrogen-bond acceptors (Lipinski definition) is 10. The minimum atomic E-state index is -1.65. The van der Waals surface area contributed by atoms with Gasteiger partial charge in [0.25, 0.3) is 5.79 Å². The first kappa shape index (κ1) is 28.8. The van der Waals surface area contributed by atoms with E-state index in [2.05, 4.69) is 42.8 Å². The van der Waals surface area contributed by atoms with Gasteiger partial charge in [0.15, 0.2) is 0 Å². The third-order valence-corrected chi connectivity index (χ3v) is 7.22. The molecule has 218 valence electrons. The van der Waals surface area contributed by atoms with Crippen LogP contribution in [-0.2, 0) is 4.79 Å². The van der Waals surface area contributed by atoms with E-state index in [1.165, 1.54) is 6.08 Å². The minimum absolute atomic E-state index is 0.205. The van der Waals surface area contributed by atoms with Crippen LogP contribution in [0.3, 0.4) is 0 Å². The Morgan fingerprint density at radius 2 is 1.83 bits per heavy atom. The Bertz CT molecular complexity index is 1490. The van der Waals surface area contributed by atoms with Gasteiger partial charge in [0, 0.05) is 73.2 Å². The number of hydrogen-bond donors (Lipinski definition) is 4. The van der Waals surface area contributed by atoms with Crippen molar-refractivity contribution in [3.05, 3.63) is 90.3 Å². The fourth-order valence-electron chi connectivity index (χ4n) is 4.94. The third kappa shape index (κ3) is 6.59. The van der Waals surface area contributed by atoms with Crippen LogP contribution in [0.25, 0.3) is 0 Å². The maximum Gasteiger partial charge on any atom is 0.273 e. The number of piperazine rings is 1. The molecule has 1 aromatic heterocycles. The number of rotatable bonds is 9. The molecule has 0 saturated carbocycles. The summed E-state index contributed by atoms with van der Waals surface area (Å²) in [6.07, 6.45) is 6.49. The number of aliphatic imine (C=N–C) groups is 1. The van der Waals surface area contributed by atoms with E-state index >= 15 is 0 Å². The van der Waals surface area contributed by atoms with Crippen molar-refractivity contribution in [3.8, 4) is 0 Å². The maximum atomic E-state index is 14.3. The molecule has 1 amide bonds. The summed E-state index contributed by atoms with van der Waals surface area (Å²) in [7, 11) is 5.98. The molecule has 3 aromatic rings. The highest BCUT2D eigenvalue weighted by molar-refractivity contribution is 6.13. The lowest BCUT2D eigenvalue weighted by Gasteiger charge is -2.36. The third-order valence-electron chi connectivity index (χ3n) is 7.22. The van der Waals surface area contributed by atoms with Gasteiger partial charge in [-0.3, -0.25) is 14.6 Å². The molecule has 0 radical (unpaired) electrons. The number of fused-ring (bicyclic) bond motifs is 1. The van der Waals surface area contributed by atoms with Crippen LogP contribution in [-0.4, -0.2) is 92.0 Å². The van der Waals surface area contributed by atoms with E-state index in [1.807, 2.05) is 43.3 Å². The van der Waals surface area contributed by atoms with Crippen molar-refractivity contribution in [3.63, 3.8) is 0 Å². The Hall–Kier alpha value is -4.74. The average molecular weight is 568 g/mol. The topological polar surface area (TPSA) is 131 Å². The molecule has 1 saturated heterocycles. The number of carbonyl (C=O) groups excluding carboxylic acids is 2. The van der Waals surface area contributed by atoms with E-state index in [4.69, 9.17) is 5.73 Å². The highest BCUT2D eigenvalue weighted by atomic mass is 16.1. The molecule has 5 N–H and O–H groups in total. The second kappa shape index (κ2) is 12.4. The number of ketones is 1. The van der Waals surface area contributed by atoms with Gasteiger partial charge in [0.1, 0.15) is 5.84 Å². The standard InChI is InChI=1S/C31H37N9O2/c1-38(2)15-5-8-28(41)34-24-7-4-6-22(20-24)29(42)31(36-27-21-33-14-13-26(27)30(32)37-31)35-23-9-11-25(12-10-23)40-18-16-39(3)17-19-40/h4-14,20-21,35-36H,15-19H2,1-3H3,(H2,32,37)(H,34,41). The van der Waals surface area contributed by atoms with Crippen molar-refractivity contribution < 1.29 is 9.59 Å². The maximum absolute atomic E-state index is 14.3. The second-order valence-electron chi connectivity index (χ2n) is 10.8. The Labute approximate surface area is 246 Å². The molecule has 2 aliphatic rings. The molecule has 1 atom stereocenters. The summed E-state index contributed by atoms with van der Waals surface area (Å²) in [4.78, 5) is 42.2. The predicted octanol–water partition coefficient (Wildman–Crippen LogP) is 2.67. The van der Waals surface area contributed by atoms with E-state index in [-0.39, 0.29) is 17.5 Å². The number of amidine groups is 1. The number of anilines is 4. The fourth-order valence-corrected chi connectivity index (χ4v) is 4.94. The highest BCUT2D eigenvalue weighted by Crippen LogP contribution is 2.31. The van der Waals surface area contributed by atoms with Crippen LogP contribution < -0.4 is 26.6 Å². The Morgan fingerprint density at radius 1 is 1.07 bits per heavy atom. The van der Waals surface area contributed by atoms with Crippen molar-refractivity contribution in [2.75, 3.05) is 74.7 Å². The zero-order chi connectivity index (χ0) is 29.7. The molecule has 0 bridgehead atoms. The molecular formula is C31H37N9O2. The number of benzene rings is 2. The normalized spacial score (nSPS) is 18.8. The monoisotopic (exact) mass is 567 g/mol. The van der Waals surface area contributed by atoms with Gasteiger partial charge < -0.3 is 36.4 Å². The molecule has 0 aliphatic carbocycles. The van der Waals surface area contributed by atoms with Gasteiger partial charge >= 0.3 is 0 Å².